The summed E-state index contributed by atoms with van der Waals surface area (Å²) in [5.74, 6) is 2.89. The van der Waals surface area contributed by atoms with Gasteiger partial charge in [0.15, 0.2) is 23.0 Å². The molecule has 0 aliphatic carbocycles. The van der Waals surface area contributed by atoms with Gasteiger partial charge in [-0.25, -0.2) is 0 Å². The third-order valence-electron chi connectivity index (χ3n) is 20.9. The highest BCUT2D eigenvalue weighted by Crippen LogP contribution is 2.45. The fourth-order valence-electron chi connectivity index (χ4n) is 15.1. The standard InChI is InChI=1S/2C46H47N5O5/c2*1-28-8-10-30(11-9-28)32-19-35-24-47-39-22-41(29(2)18-37(39)44(52)50(35)26-32)55-16-7-17-56-43-23-40-38(21-42(43)54-6)45(53)51-27-33(20-36(51)25-48-40)31-12-14-34(15-13-31)49-46(3,4)5/h2*8-15,18,21-27,35-36,49H,7,16-17,19-20H2,1-6H3/t2*35-,36-/m00/s1. The Hall–Kier alpha value is -12.3. The quantitative estimate of drug-likeness (QED) is 0.0683. The summed E-state index contributed by atoms with van der Waals surface area (Å²) >= 11 is 0. The number of rotatable bonds is 20. The van der Waals surface area contributed by atoms with Gasteiger partial charge in [-0.3, -0.25) is 39.1 Å². The van der Waals surface area contributed by atoms with Gasteiger partial charge in [0.05, 0.1) is 110 Å². The molecule has 4 atom stereocenters. The molecule has 0 aromatic heterocycles. The van der Waals surface area contributed by atoms with Crippen molar-refractivity contribution in [2.45, 2.75) is 143 Å². The molecular weight excluding hydrogens is 1410 g/mol. The van der Waals surface area contributed by atoms with Gasteiger partial charge in [-0.15, -0.1) is 0 Å². The second-order valence-electron chi connectivity index (χ2n) is 31.7. The molecule has 0 fully saturated rings. The summed E-state index contributed by atoms with van der Waals surface area (Å²) in [6.07, 6.45) is 19.2. The number of carbonyl (C=O) groups excluding carboxylic acids is 4. The largest absolute Gasteiger partial charge is 0.493 e. The van der Waals surface area contributed by atoms with Crippen molar-refractivity contribution in [3.63, 3.8) is 0 Å². The van der Waals surface area contributed by atoms with E-state index in [2.05, 4.69) is 163 Å². The fraction of sp³-hybridized carbons (Fsp3) is 0.304. The second-order valence-corrected chi connectivity index (χ2v) is 31.7. The molecule has 0 saturated heterocycles. The Morgan fingerprint density at radius 2 is 0.607 bits per heavy atom. The zero-order chi connectivity index (χ0) is 78.3. The first kappa shape index (κ1) is 75.1. The number of hydrogen-bond donors (Lipinski definition) is 2. The van der Waals surface area contributed by atoms with Gasteiger partial charge >= 0.3 is 0 Å². The summed E-state index contributed by atoms with van der Waals surface area (Å²) in [7, 11) is 3.13. The number of methoxy groups -OCH3 is 2. The van der Waals surface area contributed by atoms with Crippen molar-refractivity contribution in [3.8, 4) is 34.5 Å². The van der Waals surface area contributed by atoms with Crippen molar-refractivity contribution >= 4 is 105 Å². The molecule has 112 heavy (non-hydrogen) atoms. The summed E-state index contributed by atoms with van der Waals surface area (Å²) < 4.78 is 36.0. The predicted molar refractivity (Wildman–Crippen MR) is 444 cm³/mol. The molecule has 8 aromatic carbocycles. The lowest BCUT2D eigenvalue weighted by Gasteiger charge is -2.22. The lowest BCUT2D eigenvalue weighted by atomic mass is 10.0. The average molecular weight is 1500 g/mol. The van der Waals surface area contributed by atoms with Gasteiger partial charge in [0.1, 0.15) is 11.5 Å². The lowest BCUT2D eigenvalue weighted by Crippen LogP contribution is -2.32. The summed E-state index contributed by atoms with van der Waals surface area (Å²) in [6, 6.07) is 47.2. The highest BCUT2D eigenvalue weighted by atomic mass is 16.5. The smallest absolute Gasteiger partial charge is 0.260 e. The summed E-state index contributed by atoms with van der Waals surface area (Å²) in [4.78, 5) is 81.1. The van der Waals surface area contributed by atoms with Gasteiger partial charge in [-0.1, -0.05) is 83.9 Å². The number of nitrogens with one attached hydrogen (secondary N) is 2. The number of amides is 4. The topological polar surface area (TPSA) is 210 Å². The molecule has 20 nitrogen and oxygen atoms in total. The number of fused-ring (bicyclic) bond motifs is 8. The van der Waals surface area contributed by atoms with Crippen molar-refractivity contribution < 1.29 is 47.6 Å². The minimum absolute atomic E-state index is 0.0304. The Bertz CT molecular complexity index is 4960. The van der Waals surface area contributed by atoms with E-state index in [1.165, 1.54) is 11.1 Å². The Morgan fingerprint density at radius 3 is 0.884 bits per heavy atom. The van der Waals surface area contributed by atoms with Crippen LogP contribution in [0.15, 0.2) is 190 Å². The highest BCUT2D eigenvalue weighted by molar-refractivity contribution is 6.09. The molecule has 0 bridgehead atoms. The Kier molecular flexibility index (Phi) is 20.9. The van der Waals surface area contributed by atoms with E-state index < -0.39 is 0 Å². The van der Waals surface area contributed by atoms with Gasteiger partial charge < -0.3 is 58.7 Å². The third-order valence-corrected chi connectivity index (χ3v) is 20.9. The second kappa shape index (κ2) is 31.2. The number of anilines is 2. The minimum Gasteiger partial charge on any atom is -0.493 e. The molecule has 8 aliphatic heterocycles. The van der Waals surface area contributed by atoms with Crippen LogP contribution in [0.2, 0.25) is 0 Å². The Balaban J connectivity index is 0.000000177. The number of nitrogens with zero attached hydrogens (tertiary/aromatic N) is 8. The van der Waals surface area contributed by atoms with E-state index in [0.717, 1.165) is 79.9 Å². The van der Waals surface area contributed by atoms with E-state index in [-0.39, 0.29) is 58.9 Å². The summed E-state index contributed by atoms with van der Waals surface area (Å²) in [5.41, 5.74) is 19.3. The van der Waals surface area contributed by atoms with Crippen molar-refractivity contribution in [2.75, 3.05) is 51.3 Å². The first-order valence-electron chi connectivity index (χ1n) is 38.3. The molecule has 4 amide bonds. The number of aryl methyl sites for hydroxylation is 4. The van der Waals surface area contributed by atoms with Gasteiger partial charge in [0.25, 0.3) is 23.6 Å². The highest BCUT2D eigenvalue weighted by Gasteiger charge is 2.38. The van der Waals surface area contributed by atoms with E-state index in [1.807, 2.05) is 87.8 Å². The van der Waals surface area contributed by atoms with Crippen LogP contribution < -0.4 is 39.1 Å². The number of benzene rings is 8. The summed E-state index contributed by atoms with van der Waals surface area (Å²) in [5, 5.41) is 6.98. The van der Waals surface area contributed by atoms with E-state index in [0.29, 0.717) is 132 Å². The fourth-order valence-corrected chi connectivity index (χ4v) is 15.1. The molecule has 0 radical (unpaired) electrons. The molecule has 8 heterocycles. The first-order chi connectivity index (χ1) is 53.9. The van der Waals surface area contributed by atoms with Gasteiger partial charge in [0.2, 0.25) is 0 Å². The molecule has 0 spiro atoms. The van der Waals surface area contributed by atoms with E-state index in [4.69, 9.17) is 48.4 Å². The number of carbonyl (C=O) groups is 4. The molecular formula is C92H94N10O10. The molecule has 20 heteroatoms. The molecule has 8 aromatic rings. The van der Waals surface area contributed by atoms with Crippen molar-refractivity contribution in [2.24, 2.45) is 20.0 Å². The van der Waals surface area contributed by atoms with Crippen LogP contribution >= 0.6 is 0 Å². The zero-order valence-corrected chi connectivity index (χ0v) is 65.5. The summed E-state index contributed by atoms with van der Waals surface area (Å²) in [6.45, 7) is 22.3. The number of hydrogen-bond acceptors (Lipinski definition) is 16. The number of aliphatic imine (C=N–C) groups is 4. The molecule has 572 valence electrons. The van der Waals surface area contributed by atoms with Crippen LogP contribution in [0, 0.1) is 27.7 Å². The van der Waals surface area contributed by atoms with Gasteiger partial charge in [-0.2, -0.15) is 0 Å². The Morgan fingerprint density at radius 1 is 0.348 bits per heavy atom. The van der Waals surface area contributed by atoms with Crippen molar-refractivity contribution in [1.82, 2.24) is 19.6 Å². The normalized spacial score (nSPS) is 18.3. The van der Waals surface area contributed by atoms with E-state index >= 15 is 0 Å². The first-order valence-corrected chi connectivity index (χ1v) is 38.3. The molecule has 0 unspecified atom stereocenters. The Labute approximate surface area is 654 Å². The molecule has 16 rings (SSSR count). The predicted octanol–water partition coefficient (Wildman–Crippen LogP) is 18.6. The van der Waals surface area contributed by atoms with Crippen molar-refractivity contribution in [3.05, 3.63) is 237 Å². The average Bonchev–Trinajstić information content (AvgIpc) is 1.43. The van der Waals surface area contributed by atoms with Gasteiger partial charge in [0, 0.05) is 135 Å². The van der Waals surface area contributed by atoms with E-state index in [9.17, 15) is 19.2 Å². The maximum Gasteiger partial charge on any atom is 0.260 e. The van der Waals surface area contributed by atoms with Crippen LogP contribution in [0.1, 0.15) is 166 Å². The molecule has 2 N–H and O–H groups in total. The lowest BCUT2D eigenvalue weighted by molar-refractivity contribution is 0.0809. The van der Waals surface area contributed by atoms with Crippen LogP contribution in [-0.2, 0) is 0 Å². The SMILES string of the molecule is COc1cc2c(cc1OCCCOc1cc3c(cc1C)C(=O)N1C=C(c4ccc(C)cc4)C[C@H]1C=N3)N=C[C@@H]1CC(c3ccc(NC(C)(C)C)cc3)=CN1C2=O.COc1cc2c(cc1OCCCOc1cc3c(cc1C)C(=O)N1C=C(c4ccc(C)cc4)C[C@H]1C=N3)N=C[C@@H]1CC(c3ccc(NC(C)(C)C)cc3)=CN1C2=O. The minimum atomic E-state index is -0.184. The molecule has 0 saturated carbocycles. The van der Waals surface area contributed by atoms with Crippen LogP contribution in [0.5, 0.6) is 34.5 Å². The number of ether oxygens (including phenoxy) is 6. The van der Waals surface area contributed by atoms with Crippen LogP contribution in [0.25, 0.3) is 22.3 Å². The molecule has 8 aliphatic rings. The van der Waals surface area contributed by atoms with Gasteiger partial charge in [-0.05, 0) is 173 Å². The maximum atomic E-state index is 13.8. The maximum absolute atomic E-state index is 13.8. The van der Waals surface area contributed by atoms with E-state index in [1.54, 1.807) is 58.1 Å². The van der Waals surface area contributed by atoms with Crippen LogP contribution in [-0.4, -0.2) is 144 Å². The monoisotopic (exact) mass is 1500 g/mol. The zero-order valence-electron chi connectivity index (χ0n) is 65.5. The van der Waals surface area contributed by atoms with Crippen LogP contribution in [0.4, 0.5) is 34.1 Å². The van der Waals surface area contributed by atoms with Crippen molar-refractivity contribution in [1.29, 1.82) is 0 Å². The van der Waals surface area contributed by atoms with Crippen LogP contribution in [0.3, 0.4) is 0 Å². The third kappa shape index (κ3) is 16.2.